The van der Waals surface area contributed by atoms with Crippen molar-refractivity contribution in [1.82, 2.24) is 15.1 Å². The van der Waals surface area contributed by atoms with E-state index in [2.05, 4.69) is 15.7 Å². The van der Waals surface area contributed by atoms with Gasteiger partial charge in [0.05, 0.1) is 6.26 Å². The van der Waals surface area contributed by atoms with Crippen LogP contribution in [0.2, 0.25) is 0 Å². The van der Waals surface area contributed by atoms with Gasteiger partial charge in [0.15, 0.2) is 11.5 Å². The van der Waals surface area contributed by atoms with Gasteiger partial charge in [0.25, 0.3) is 5.91 Å². The molecule has 7 nitrogen and oxygen atoms in total. The van der Waals surface area contributed by atoms with Crippen molar-refractivity contribution in [3.63, 3.8) is 0 Å². The summed E-state index contributed by atoms with van der Waals surface area (Å²) < 4.78 is 43.4. The number of aromatic nitrogens is 2. The van der Waals surface area contributed by atoms with Crippen LogP contribution in [0.25, 0.3) is 0 Å². The molecule has 0 bridgehead atoms. The topological polar surface area (TPSA) is 89.2 Å². The van der Waals surface area contributed by atoms with Crippen LogP contribution >= 0.6 is 0 Å². The lowest BCUT2D eigenvalue weighted by molar-refractivity contribution is -0.141. The predicted octanol–water partition coefficient (Wildman–Crippen LogP) is 3.06. The van der Waals surface area contributed by atoms with Crippen LogP contribution in [0.5, 0.6) is 0 Å². The lowest BCUT2D eigenvalue weighted by Gasteiger charge is -2.08. The van der Waals surface area contributed by atoms with E-state index in [9.17, 15) is 22.8 Å². The lowest BCUT2D eigenvalue weighted by Crippen LogP contribution is -2.27. The Morgan fingerprint density at radius 1 is 1.11 bits per heavy atom. The smallest absolute Gasteiger partial charge is 0.435 e. The normalized spacial score (nSPS) is 11.2. The second-order valence-electron chi connectivity index (χ2n) is 5.80. The Morgan fingerprint density at radius 3 is 2.46 bits per heavy atom. The molecule has 0 atom stereocenters. The van der Waals surface area contributed by atoms with Crippen LogP contribution in [0.15, 0.2) is 59.3 Å². The number of hydrogen-bond acceptors (Lipinski definition) is 4. The zero-order chi connectivity index (χ0) is 20.1. The van der Waals surface area contributed by atoms with Crippen LogP contribution in [0, 0.1) is 0 Å². The second kappa shape index (κ2) is 7.99. The van der Waals surface area contributed by atoms with E-state index in [4.69, 9.17) is 4.42 Å². The monoisotopic (exact) mass is 392 g/mol. The molecule has 0 saturated heterocycles. The van der Waals surface area contributed by atoms with Crippen molar-refractivity contribution >= 4 is 17.5 Å². The molecule has 0 spiro atoms. The molecule has 0 fully saturated rings. The number of furan rings is 1. The van der Waals surface area contributed by atoms with Gasteiger partial charge in [0.2, 0.25) is 5.91 Å². The van der Waals surface area contributed by atoms with E-state index in [0.29, 0.717) is 5.69 Å². The largest absolute Gasteiger partial charge is 0.459 e. The molecule has 2 N–H and O–H groups in total. The quantitative estimate of drug-likeness (QED) is 0.675. The van der Waals surface area contributed by atoms with Crippen molar-refractivity contribution in [2.24, 2.45) is 0 Å². The lowest BCUT2D eigenvalue weighted by atomic mass is 10.2. The molecule has 0 unspecified atom stereocenters. The molecule has 2 amide bonds. The number of benzene rings is 1. The third kappa shape index (κ3) is 5.00. The van der Waals surface area contributed by atoms with E-state index in [1.54, 1.807) is 30.3 Å². The Balaban J connectivity index is 1.48. The van der Waals surface area contributed by atoms with Crippen LogP contribution in [0.1, 0.15) is 21.8 Å². The van der Waals surface area contributed by atoms with Crippen LogP contribution < -0.4 is 10.6 Å². The molecule has 3 rings (SSSR count). The highest BCUT2D eigenvalue weighted by Crippen LogP contribution is 2.27. The van der Waals surface area contributed by atoms with Gasteiger partial charge in [-0.25, -0.2) is 0 Å². The molecule has 0 saturated carbocycles. The average Bonchev–Trinajstić information content (AvgIpc) is 3.32. The van der Waals surface area contributed by atoms with Crippen molar-refractivity contribution in [1.29, 1.82) is 0 Å². The maximum atomic E-state index is 12.5. The van der Waals surface area contributed by atoms with E-state index >= 15 is 0 Å². The fraction of sp³-hybridized carbons (Fsp3) is 0.167. The zero-order valence-electron chi connectivity index (χ0n) is 14.4. The molecule has 0 radical (unpaired) electrons. The molecule has 0 aliphatic carbocycles. The summed E-state index contributed by atoms with van der Waals surface area (Å²) in [5.74, 6) is -0.681. The van der Waals surface area contributed by atoms with Crippen LogP contribution in [-0.4, -0.2) is 21.6 Å². The minimum Gasteiger partial charge on any atom is -0.459 e. The number of hydrogen-bond donors (Lipinski definition) is 2. The van der Waals surface area contributed by atoms with Gasteiger partial charge >= 0.3 is 6.18 Å². The first-order valence-electron chi connectivity index (χ1n) is 8.12. The van der Waals surface area contributed by atoms with E-state index in [-0.39, 0.29) is 24.8 Å². The molecule has 0 aliphatic heterocycles. The number of amides is 2. The van der Waals surface area contributed by atoms with Gasteiger partial charge in [0, 0.05) is 18.4 Å². The highest BCUT2D eigenvalue weighted by molar-refractivity contribution is 6.02. The summed E-state index contributed by atoms with van der Waals surface area (Å²) >= 11 is 0. The van der Waals surface area contributed by atoms with Gasteiger partial charge in [0.1, 0.15) is 6.54 Å². The fourth-order valence-corrected chi connectivity index (χ4v) is 2.31. The Bertz CT molecular complexity index is 947. The third-order valence-electron chi connectivity index (χ3n) is 3.68. The second-order valence-corrected chi connectivity index (χ2v) is 5.80. The Hall–Kier alpha value is -3.56. The van der Waals surface area contributed by atoms with E-state index in [1.165, 1.54) is 12.3 Å². The van der Waals surface area contributed by atoms with Gasteiger partial charge in [-0.1, -0.05) is 12.1 Å². The Labute approximate surface area is 157 Å². The van der Waals surface area contributed by atoms with Crippen LogP contribution in [0.4, 0.5) is 18.9 Å². The summed E-state index contributed by atoms with van der Waals surface area (Å²) in [5, 5.41) is 8.57. The third-order valence-corrected chi connectivity index (χ3v) is 3.68. The van der Waals surface area contributed by atoms with Gasteiger partial charge in [-0.2, -0.15) is 18.3 Å². The minimum atomic E-state index is -4.55. The van der Waals surface area contributed by atoms with Gasteiger partial charge < -0.3 is 15.1 Å². The SMILES string of the molecule is O=C(Cn1ccc(C(F)(F)F)n1)NCc1ccc(NC(=O)c2ccco2)cc1. The van der Waals surface area contributed by atoms with E-state index in [0.717, 1.165) is 22.5 Å². The number of rotatable bonds is 6. The summed E-state index contributed by atoms with van der Waals surface area (Å²) in [4.78, 5) is 23.7. The number of nitrogens with zero attached hydrogens (tertiary/aromatic N) is 2. The van der Waals surface area contributed by atoms with Crippen molar-refractivity contribution in [3.8, 4) is 0 Å². The molecular weight excluding hydrogens is 377 g/mol. The maximum absolute atomic E-state index is 12.5. The van der Waals surface area contributed by atoms with Crippen LogP contribution in [-0.2, 0) is 24.1 Å². The van der Waals surface area contributed by atoms with Crippen molar-refractivity contribution in [3.05, 3.63) is 71.9 Å². The molecule has 0 aliphatic rings. The number of halogens is 3. The molecule has 3 aromatic rings. The Morgan fingerprint density at radius 2 is 1.86 bits per heavy atom. The standard InChI is InChI=1S/C18H15F3N4O3/c19-18(20,21)15-7-8-25(24-15)11-16(26)22-10-12-3-5-13(6-4-12)23-17(27)14-2-1-9-28-14/h1-9H,10-11H2,(H,22,26)(H,23,27). The number of alkyl halides is 3. The number of carbonyl (C=O) groups excluding carboxylic acids is 2. The highest BCUT2D eigenvalue weighted by Gasteiger charge is 2.33. The molecule has 1 aromatic carbocycles. The predicted molar refractivity (Wildman–Crippen MR) is 92.2 cm³/mol. The van der Waals surface area contributed by atoms with E-state index in [1.807, 2.05) is 0 Å². The zero-order valence-corrected chi connectivity index (χ0v) is 14.4. The van der Waals surface area contributed by atoms with Gasteiger partial charge in [-0.3, -0.25) is 14.3 Å². The first kappa shape index (κ1) is 19.2. The van der Waals surface area contributed by atoms with Crippen molar-refractivity contribution in [2.75, 3.05) is 5.32 Å². The van der Waals surface area contributed by atoms with Crippen molar-refractivity contribution in [2.45, 2.75) is 19.3 Å². The fourth-order valence-electron chi connectivity index (χ4n) is 2.31. The van der Waals surface area contributed by atoms with Crippen LogP contribution in [0.3, 0.4) is 0 Å². The number of nitrogens with one attached hydrogen (secondary N) is 2. The summed E-state index contributed by atoms with van der Waals surface area (Å²) in [6.07, 6.45) is -2.05. The first-order valence-corrected chi connectivity index (χ1v) is 8.12. The number of carbonyl (C=O) groups is 2. The van der Waals surface area contributed by atoms with Gasteiger partial charge in [-0.15, -0.1) is 0 Å². The first-order chi connectivity index (χ1) is 13.3. The summed E-state index contributed by atoms with van der Waals surface area (Å²) in [6, 6.07) is 10.7. The average molecular weight is 392 g/mol. The molecule has 2 aromatic heterocycles. The molecule has 2 heterocycles. The molecular formula is C18H15F3N4O3. The summed E-state index contributed by atoms with van der Waals surface area (Å²) in [6.45, 7) is -0.147. The molecule has 146 valence electrons. The number of anilines is 1. The maximum Gasteiger partial charge on any atom is 0.435 e. The Kier molecular flexibility index (Phi) is 5.48. The minimum absolute atomic E-state index is 0.179. The highest BCUT2D eigenvalue weighted by atomic mass is 19.4. The molecule has 10 heteroatoms. The van der Waals surface area contributed by atoms with Crippen molar-refractivity contribution < 1.29 is 27.2 Å². The van der Waals surface area contributed by atoms with E-state index < -0.39 is 17.8 Å². The molecule has 28 heavy (non-hydrogen) atoms. The van der Waals surface area contributed by atoms with Gasteiger partial charge in [-0.05, 0) is 35.9 Å². The summed E-state index contributed by atoms with van der Waals surface area (Å²) in [5.41, 5.74) is 0.251. The summed E-state index contributed by atoms with van der Waals surface area (Å²) in [7, 11) is 0.